The molecule has 1 saturated heterocycles. The molecule has 0 unspecified atom stereocenters. The van der Waals surface area contributed by atoms with E-state index in [-0.39, 0.29) is 0 Å². The highest BCUT2D eigenvalue weighted by atomic mass is 32.2. The van der Waals surface area contributed by atoms with Crippen LogP contribution in [0.4, 0.5) is 22.8 Å². The van der Waals surface area contributed by atoms with Crippen molar-refractivity contribution in [2.75, 3.05) is 13.1 Å². The highest BCUT2D eigenvalue weighted by molar-refractivity contribution is 7.87. The molecule has 15 heteroatoms. The number of hydrogen-bond acceptors (Lipinski definition) is 6. The standard InChI is InChI=1S/C11H11F3N2O9S/c12-11(13,14)26(23,24)25-6-1-4-2-15(9(19)20)3-5(7(6)8(17)18)16(4)10(21)22/h4-5H,1-3H2,(H,17,18)(H,19,20)(H,21,22)/t4-,5-/m1/s1. The van der Waals surface area contributed by atoms with Gasteiger partial charge >= 0.3 is 33.8 Å². The van der Waals surface area contributed by atoms with Crippen LogP contribution < -0.4 is 0 Å². The maximum absolute atomic E-state index is 12.5. The fourth-order valence-corrected chi connectivity index (χ4v) is 3.35. The van der Waals surface area contributed by atoms with Gasteiger partial charge in [0.2, 0.25) is 0 Å². The first-order chi connectivity index (χ1) is 11.8. The van der Waals surface area contributed by atoms with Gasteiger partial charge in [0, 0.05) is 19.5 Å². The normalized spacial score (nSPS) is 23.7. The van der Waals surface area contributed by atoms with E-state index < -0.39 is 76.7 Å². The van der Waals surface area contributed by atoms with E-state index in [0.717, 1.165) is 0 Å². The first-order valence-electron chi connectivity index (χ1n) is 6.72. The number of alkyl halides is 3. The third-order valence-corrected chi connectivity index (χ3v) is 4.81. The fraction of sp³-hybridized carbons (Fsp3) is 0.545. The summed E-state index contributed by atoms with van der Waals surface area (Å²) >= 11 is 0. The van der Waals surface area contributed by atoms with Crippen molar-refractivity contribution in [2.24, 2.45) is 0 Å². The second kappa shape index (κ2) is 6.22. The van der Waals surface area contributed by atoms with Gasteiger partial charge < -0.3 is 24.4 Å². The van der Waals surface area contributed by atoms with Crippen molar-refractivity contribution in [2.45, 2.75) is 24.0 Å². The first kappa shape index (κ1) is 19.6. The molecule has 0 aliphatic carbocycles. The molecular formula is C11H11F3N2O9S. The molecule has 2 heterocycles. The van der Waals surface area contributed by atoms with Gasteiger partial charge in [0.1, 0.15) is 11.3 Å². The molecule has 1 fully saturated rings. The maximum Gasteiger partial charge on any atom is 0.534 e. The summed E-state index contributed by atoms with van der Waals surface area (Å²) < 4.78 is 63.8. The lowest BCUT2D eigenvalue weighted by molar-refractivity contribution is -0.134. The highest BCUT2D eigenvalue weighted by Crippen LogP contribution is 2.37. The van der Waals surface area contributed by atoms with Crippen molar-refractivity contribution in [3.05, 3.63) is 11.3 Å². The minimum absolute atomic E-state index is 0.496. The Morgan fingerprint density at radius 2 is 1.65 bits per heavy atom. The van der Waals surface area contributed by atoms with Crippen LogP contribution in [-0.2, 0) is 19.1 Å². The molecular weight excluding hydrogens is 393 g/mol. The monoisotopic (exact) mass is 404 g/mol. The lowest BCUT2D eigenvalue weighted by atomic mass is 9.89. The van der Waals surface area contributed by atoms with E-state index >= 15 is 0 Å². The fourth-order valence-electron chi connectivity index (χ4n) is 2.84. The van der Waals surface area contributed by atoms with Crippen LogP contribution in [0.5, 0.6) is 0 Å². The highest BCUT2D eigenvalue weighted by Gasteiger charge is 2.53. The first-order valence-corrected chi connectivity index (χ1v) is 8.13. The van der Waals surface area contributed by atoms with Crippen LogP contribution in [0.1, 0.15) is 6.42 Å². The number of rotatable bonds is 3. The summed E-state index contributed by atoms with van der Waals surface area (Å²) in [4.78, 5) is 35.2. The number of nitrogens with zero attached hydrogens (tertiary/aromatic N) is 2. The van der Waals surface area contributed by atoms with Gasteiger partial charge in [0.15, 0.2) is 0 Å². The minimum atomic E-state index is -6.18. The number of piperazine rings is 1. The summed E-state index contributed by atoms with van der Waals surface area (Å²) in [6, 6.07) is -3.05. The quantitative estimate of drug-likeness (QED) is 0.444. The summed E-state index contributed by atoms with van der Waals surface area (Å²) in [5.74, 6) is -3.01. The molecule has 2 aliphatic heterocycles. The predicted octanol–water partition coefficient (Wildman–Crippen LogP) is 0.306. The maximum atomic E-state index is 12.5. The largest absolute Gasteiger partial charge is 0.534 e. The molecule has 2 atom stereocenters. The zero-order chi connectivity index (χ0) is 20.0. The van der Waals surface area contributed by atoms with Gasteiger partial charge in [-0.25, -0.2) is 14.4 Å². The Morgan fingerprint density at radius 1 is 1.08 bits per heavy atom. The molecule has 2 amide bonds. The van der Waals surface area contributed by atoms with Crippen molar-refractivity contribution in [1.29, 1.82) is 0 Å². The van der Waals surface area contributed by atoms with Crippen LogP contribution >= 0.6 is 0 Å². The number of carbonyl (C=O) groups is 3. The van der Waals surface area contributed by atoms with Gasteiger partial charge in [-0.3, -0.25) is 4.90 Å². The molecule has 0 radical (unpaired) electrons. The van der Waals surface area contributed by atoms with E-state index in [0.29, 0.717) is 9.80 Å². The van der Waals surface area contributed by atoms with E-state index in [9.17, 15) is 46.2 Å². The van der Waals surface area contributed by atoms with E-state index in [1.165, 1.54) is 0 Å². The Hall–Kier alpha value is -2.71. The minimum Gasteiger partial charge on any atom is -0.478 e. The third kappa shape index (κ3) is 3.33. The average molecular weight is 404 g/mol. The molecule has 11 nitrogen and oxygen atoms in total. The van der Waals surface area contributed by atoms with Crippen molar-refractivity contribution in [3.63, 3.8) is 0 Å². The summed E-state index contributed by atoms with van der Waals surface area (Å²) in [7, 11) is -6.18. The summed E-state index contributed by atoms with van der Waals surface area (Å²) in [5, 5.41) is 27.5. The Bertz CT molecular complexity index is 791. The molecule has 0 saturated carbocycles. The second-order valence-corrected chi connectivity index (χ2v) is 6.91. The van der Waals surface area contributed by atoms with Gasteiger partial charge in [0.05, 0.1) is 12.1 Å². The molecule has 0 spiro atoms. The Balaban J connectivity index is 2.55. The smallest absolute Gasteiger partial charge is 0.478 e. The SMILES string of the molecule is O=C(O)C1=C(OS(=O)(=O)C(F)(F)F)C[C@@H]2CN(C(=O)O)C[C@H]1N2C(=O)O. The van der Waals surface area contributed by atoms with Crippen molar-refractivity contribution in [3.8, 4) is 0 Å². The van der Waals surface area contributed by atoms with E-state index in [1.807, 2.05) is 0 Å². The van der Waals surface area contributed by atoms with Crippen LogP contribution in [-0.4, -0.2) is 82.4 Å². The van der Waals surface area contributed by atoms with Crippen LogP contribution in [0, 0.1) is 0 Å². The third-order valence-electron chi connectivity index (χ3n) is 3.82. The van der Waals surface area contributed by atoms with Gasteiger partial charge in [-0.05, 0) is 0 Å². The predicted molar refractivity (Wildman–Crippen MR) is 72.4 cm³/mol. The van der Waals surface area contributed by atoms with E-state index in [1.54, 1.807) is 0 Å². The molecule has 2 aliphatic rings. The Morgan fingerprint density at radius 3 is 2.08 bits per heavy atom. The number of halogens is 3. The van der Waals surface area contributed by atoms with Crippen LogP contribution in [0.2, 0.25) is 0 Å². The summed E-state index contributed by atoms with van der Waals surface area (Å²) in [6.07, 6.45) is -3.99. The van der Waals surface area contributed by atoms with Crippen LogP contribution in [0.15, 0.2) is 11.3 Å². The zero-order valence-electron chi connectivity index (χ0n) is 12.5. The lowest BCUT2D eigenvalue weighted by Gasteiger charge is -2.47. The molecule has 0 aromatic carbocycles. The summed E-state index contributed by atoms with van der Waals surface area (Å²) in [6.45, 7) is -1.21. The lowest BCUT2D eigenvalue weighted by Crippen LogP contribution is -2.64. The van der Waals surface area contributed by atoms with Gasteiger partial charge in [-0.15, -0.1) is 0 Å². The van der Waals surface area contributed by atoms with E-state index in [2.05, 4.69) is 4.18 Å². The number of carboxylic acid groups (broad SMARTS) is 3. The van der Waals surface area contributed by atoms with Crippen molar-refractivity contribution < 1.29 is 55.5 Å². The molecule has 0 aromatic heterocycles. The topological polar surface area (TPSA) is 162 Å². The Labute approximate surface area is 143 Å². The molecule has 0 aromatic rings. The molecule has 2 rings (SSSR count). The van der Waals surface area contributed by atoms with Crippen LogP contribution in [0.3, 0.4) is 0 Å². The number of hydrogen-bond donors (Lipinski definition) is 3. The molecule has 2 bridgehead atoms. The van der Waals surface area contributed by atoms with Gasteiger partial charge in [-0.1, -0.05) is 0 Å². The molecule has 26 heavy (non-hydrogen) atoms. The zero-order valence-corrected chi connectivity index (χ0v) is 13.3. The number of amides is 2. The van der Waals surface area contributed by atoms with Crippen LogP contribution in [0.25, 0.3) is 0 Å². The van der Waals surface area contributed by atoms with Gasteiger partial charge in [-0.2, -0.15) is 21.6 Å². The number of carboxylic acids is 1. The van der Waals surface area contributed by atoms with Crippen molar-refractivity contribution in [1.82, 2.24) is 9.80 Å². The second-order valence-electron chi connectivity index (χ2n) is 5.38. The summed E-state index contributed by atoms with van der Waals surface area (Å²) in [5.41, 5.74) is -6.89. The van der Waals surface area contributed by atoms with Crippen molar-refractivity contribution >= 4 is 28.3 Å². The number of fused-ring (bicyclic) bond motifs is 2. The van der Waals surface area contributed by atoms with E-state index in [4.69, 9.17) is 5.11 Å². The number of aliphatic carboxylic acids is 1. The molecule has 3 N–H and O–H groups in total. The molecule has 146 valence electrons. The van der Waals surface area contributed by atoms with Gasteiger partial charge in [0.25, 0.3) is 0 Å². The Kier molecular flexibility index (Phi) is 4.69. The average Bonchev–Trinajstić information content (AvgIpc) is 2.43.